The molecular weight excluding hydrogens is 304 g/mol. The average molecular weight is 329 g/mol. The second-order valence-corrected chi connectivity index (χ2v) is 7.24. The molecule has 0 saturated carbocycles. The molecule has 0 aliphatic carbocycles. The van der Waals surface area contributed by atoms with Crippen molar-refractivity contribution in [3.8, 4) is 0 Å². The highest BCUT2D eigenvalue weighted by Gasteiger charge is 2.25. The zero-order valence-corrected chi connectivity index (χ0v) is 14.4. The summed E-state index contributed by atoms with van der Waals surface area (Å²) >= 11 is 3.48. The summed E-state index contributed by atoms with van der Waals surface area (Å²) in [5, 5.41) is 1.07. The first-order valence-corrected chi connectivity index (χ1v) is 9.59. The number of thiazole rings is 1. The topological polar surface area (TPSA) is 62.5 Å². The Bertz CT molecular complexity index is 458. The normalized spacial score (nSPS) is 17.1. The van der Waals surface area contributed by atoms with Gasteiger partial charge in [-0.05, 0) is 24.9 Å². The number of carbonyl (C=O) groups is 1. The molecule has 0 radical (unpaired) electrons. The van der Waals surface area contributed by atoms with Gasteiger partial charge in [0, 0.05) is 37.3 Å². The highest BCUT2D eigenvalue weighted by Crippen LogP contribution is 2.24. The summed E-state index contributed by atoms with van der Waals surface area (Å²) in [6.45, 7) is 5.32. The molecule has 1 aromatic rings. The molecule has 1 saturated heterocycles. The van der Waals surface area contributed by atoms with Gasteiger partial charge in [0.1, 0.15) is 0 Å². The van der Waals surface area contributed by atoms with Crippen LogP contribution in [-0.4, -0.2) is 60.0 Å². The standard InChI is InChI=1S/C14H24N4OS2/c1-3-11-10-16-14(21-11)18-7-5-17(6-8-18)13(19)12(15)4-9-20-2/h10,12H,3-9,15H2,1-2H3/t12-/m0/s1. The number of amides is 1. The quantitative estimate of drug-likeness (QED) is 0.856. The number of anilines is 1. The molecule has 1 aliphatic rings. The molecule has 5 nitrogen and oxygen atoms in total. The largest absolute Gasteiger partial charge is 0.345 e. The average Bonchev–Trinajstić information content (AvgIpc) is 3.01. The zero-order chi connectivity index (χ0) is 15.2. The number of hydrogen-bond donors (Lipinski definition) is 1. The van der Waals surface area contributed by atoms with E-state index in [2.05, 4.69) is 16.8 Å². The van der Waals surface area contributed by atoms with Gasteiger partial charge in [0.2, 0.25) is 5.91 Å². The fourth-order valence-corrected chi connectivity index (χ4v) is 3.72. The van der Waals surface area contributed by atoms with Crippen LogP contribution in [0.5, 0.6) is 0 Å². The minimum atomic E-state index is -0.351. The Hall–Kier alpha value is -0.790. The molecule has 1 fully saturated rings. The predicted molar refractivity (Wildman–Crippen MR) is 91.3 cm³/mol. The van der Waals surface area contributed by atoms with Gasteiger partial charge in [0.15, 0.2) is 5.13 Å². The first-order chi connectivity index (χ1) is 10.2. The Labute approximate surface area is 134 Å². The molecule has 2 heterocycles. The molecule has 0 unspecified atom stereocenters. The first kappa shape index (κ1) is 16.6. The van der Waals surface area contributed by atoms with E-state index in [0.717, 1.165) is 49.9 Å². The van der Waals surface area contributed by atoms with Crippen LogP contribution >= 0.6 is 23.1 Å². The van der Waals surface area contributed by atoms with Crippen LogP contribution in [0.15, 0.2) is 6.20 Å². The summed E-state index contributed by atoms with van der Waals surface area (Å²) in [6.07, 6.45) is 5.78. The maximum Gasteiger partial charge on any atom is 0.239 e. The third kappa shape index (κ3) is 4.34. The van der Waals surface area contributed by atoms with E-state index in [1.165, 1.54) is 4.88 Å². The van der Waals surface area contributed by atoms with Crippen LogP contribution in [-0.2, 0) is 11.2 Å². The van der Waals surface area contributed by atoms with Gasteiger partial charge in [-0.2, -0.15) is 11.8 Å². The number of aryl methyl sites for hydroxylation is 1. The van der Waals surface area contributed by atoms with Crippen LogP contribution in [0.1, 0.15) is 18.2 Å². The maximum atomic E-state index is 12.3. The molecule has 1 aromatic heterocycles. The molecule has 0 aromatic carbocycles. The van der Waals surface area contributed by atoms with Crippen molar-refractivity contribution < 1.29 is 4.79 Å². The van der Waals surface area contributed by atoms with Gasteiger partial charge in [-0.15, -0.1) is 11.3 Å². The van der Waals surface area contributed by atoms with Gasteiger partial charge in [-0.3, -0.25) is 4.79 Å². The van der Waals surface area contributed by atoms with Crippen molar-refractivity contribution in [3.05, 3.63) is 11.1 Å². The summed E-state index contributed by atoms with van der Waals surface area (Å²) < 4.78 is 0. The van der Waals surface area contributed by atoms with Gasteiger partial charge in [0.25, 0.3) is 0 Å². The molecule has 2 rings (SSSR count). The lowest BCUT2D eigenvalue weighted by Gasteiger charge is -2.35. The van der Waals surface area contributed by atoms with Crippen LogP contribution in [0.25, 0.3) is 0 Å². The second-order valence-electron chi connectivity index (χ2n) is 5.16. The van der Waals surface area contributed by atoms with E-state index in [1.807, 2.05) is 17.4 Å². The highest BCUT2D eigenvalue weighted by molar-refractivity contribution is 7.98. The fraction of sp³-hybridized carbons (Fsp3) is 0.714. The monoisotopic (exact) mass is 328 g/mol. The lowest BCUT2D eigenvalue weighted by Crippen LogP contribution is -2.53. The molecule has 1 amide bonds. The molecule has 0 spiro atoms. The predicted octanol–water partition coefficient (Wildman–Crippen LogP) is 1.43. The van der Waals surface area contributed by atoms with E-state index in [0.29, 0.717) is 0 Å². The summed E-state index contributed by atoms with van der Waals surface area (Å²) in [5.74, 6) is 1.03. The Morgan fingerprint density at radius 2 is 2.19 bits per heavy atom. The van der Waals surface area contributed by atoms with Crippen LogP contribution < -0.4 is 10.6 Å². The molecule has 1 atom stereocenters. The van der Waals surface area contributed by atoms with Gasteiger partial charge < -0.3 is 15.5 Å². The van der Waals surface area contributed by atoms with Gasteiger partial charge >= 0.3 is 0 Å². The van der Waals surface area contributed by atoms with Crippen LogP contribution in [0.4, 0.5) is 5.13 Å². The van der Waals surface area contributed by atoms with Crippen molar-refractivity contribution >= 4 is 34.1 Å². The van der Waals surface area contributed by atoms with Gasteiger partial charge in [-0.1, -0.05) is 6.92 Å². The lowest BCUT2D eigenvalue weighted by molar-refractivity contribution is -0.132. The second kappa shape index (κ2) is 8.00. The Morgan fingerprint density at radius 1 is 1.48 bits per heavy atom. The number of piperazine rings is 1. The number of carbonyl (C=O) groups excluding carboxylic acids is 1. The summed E-state index contributed by atoms with van der Waals surface area (Å²) in [4.78, 5) is 22.2. The van der Waals surface area contributed by atoms with Crippen molar-refractivity contribution in [2.45, 2.75) is 25.8 Å². The third-order valence-electron chi connectivity index (χ3n) is 3.70. The highest BCUT2D eigenvalue weighted by atomic mass is 32.2. The van der Waals surface area contributed by atoms with Crippen molar-refractivity contribution in [2.24, 2.45) is 5.73 Å². The van der Waals surface area contributed by atoms with Gasteiger partial charge in [0.05, 0.1) is 6.04 Å². The number of nitrogens with two attached hydrogens (primary N) is 1. The van der Waals surface area contributed by atoms with E-state index in [-0.39, 0.29) is 11.9 Å². The lowest BCUT2D eigenvalue weighted by atomic mass is 10.2. The molecule has 2 N–H and O–H groups in total. The minimum absolute atomic E-state index is 0.0945. The van der Waals surface area contributed by atoms with Crippen molar-refractivity contribution in [2.75, 3.05) is 43.1 Å². The Morgan fingerprint density at radius 3 is 2.76 bits per heavy atom. The Kier molecular flexibility index (Phi) is 6.32. The number of aromatic nitrogens is 1. The maximum absolute atomic E-state index is 12.3. The van der Waals surface area contributed by atoms with Crippen molar-refractivity contribution in [3.63, 3.8) is 0 Å². The van der Waals surface area contributed by atoms with E-state index in [9.17, 15) is 4.79 Å². The molecular formula is C14H24N4OS2. The third-order valence-corrected chi connectivity index (χ3v) is 5.55. The number of thioether (sulfide) groups is 1. The summed E-state index contributed by atoms with van der Waals surface area (Å²) in [5.41, 5.74) is 5.97. The SMILES string of the molecule is CCc1cnc(N2CCN(C(=O)[C@@H](N)CCSC)CC2)s1. The van der Waals surface area contributed by atoms with Crippen molar-refractivity contribution in [1.29, 1.82) is 0 Å². The van der Waals surface area contributed by atoms with Crippen LogP contribution in [0, 0.1) is 0 Å². The smallest absolute Gasteiger partial charge is 0.239 e. The minimum Gasteiger partial charge on any atom is -0.345 e. The van der Waals surface area contributed by atoms with Crippen molar-refractivity contribution in [1.82, 2.24) is 9.88 Å². The molecule has 1 aliphatic heterocycles. The number of rotatable bonds is 6. The molecule has 7 heteroatoms. The van der Waals surface area contributed by atoms with E-state index >= 15 is 0 Å². The first-order valence-electron chi connectivity index (χ1n) is 7.38. The summed E-state index contributed by atoms with van der Waals surface area (Å²) in [7, 11) is 0. The zero-order valence-electron chi connectivity index (χ0n) is 12.7. The molecule has 21 heavy (non-hydrogen) atoms. The Balaban J connectivity index is 1.83. The van der Waals surface area contributed by atoms with Gasteiger partial charge in [-0.25, -0.2) is 4.98 Å². The molecule has 118 valence electrons. The number of nitrogens with zero attached hydrogens (tertiary/aromatic N) is 3. The van der Waals surface area contributed by atoms with E-state index in [1.54, 1.807) is 23.1 Å². The van der Waals surface area contributed by atoms with E-state index < -0.39 is 0 Å². The molecule has 0 bridgehead atoms. The van der Waals surface area contributed by atoms with Crippen LogP contribution in [0.3, 0.4) is 0 Å². The van der Waals surface area contributed by atoms with Crippen LogP contribution in [0.2, 0.25) is 0 Å². The fourth-order valence-electron chi connectivity index (χ4n) is 2.33. The van der Waals surface area contributed by atoms with E-state index in [4.69, 9.17) is 5.73 Å². The summed E-state index contributed by atoms with van der Waals surface area (Å²) in [6, 6.07) is -0.351. The number of hydrogen-bond acceptors (Lipinski definition) is 6.